The fourth-order valence-corrected chi connectivity index (χ4v) is 3.54. The molecule has 1 fully saturated rings. The van der Waals surface area contributed by atoms with E-state index in [0.717, 1.165) is 43.4 Å². The Morgan fingerprint density at radius 2 is 1.91 bits per heavy atom. The molecule has 2 rings (SSSR count). The minimum atomic E-state index is -4.34. The molecule has 1 saturated heterocycles. The molecular weight excluding hydrogens is 454 g/mol. The summed E-state index contributed by atoms with van der Waals surface area (Å²) in [7, 11) is 2.06. The Hall–Kier alpha value is -2.83. The molecular formula is C28H39F4N3. The average Bonchev–Trinajstić information content (AvgIpc) is 2.80. The number of nitrogens with two attached hydrogens (primary N) is 1. The van der Waals surface area contributed by atoms with Crippen molar-refractivity contribution in [3.05, 3.63) is 82.0 Å². The van der Waals surface area contributed by atoms with E-state index < -0.39 is 11.7 Å². The van der Waals surface area contributed by atoms with Crippen molar-refractivity contribution in [1.29, 1.82) is 0 Å². The van der Waals surface area contributed by atoms with Crippen molar-refractivity contribution in [2.24, 2.45) is 0 Å². The van der Waals surface area contributed by atoms with Crippen LogP contribution in [0.5, 0.6) is 0 Å². The summed E-state index contributed by atoms with van der Waals surface area (Å²) in [5, 5.41) is 0. The summed E-state index contributed by atoms with van der Waals surface area (Å²) < 4.78 is 52.7. The summed E-state index contributed by atoms with van der Waals surface area (Å²) in [4.78, 5) is 5.89. The number of halogens is 4. The van der Waals surface area contributed by atoms with Gasteiger partial charge in [0.15, 0.2) is 0 Å². The van der Waals surface area contributed by atoms with Crippen LogP contribution >= 0.6 is 0 Å². The molecule has 194 valence electrons. The van der Waals surface area contributed by atoms with Crippen LogP contribution in [-0.4, -0.2) is 29.7 Å². The number of nitrogens with zero attached hydrogens (tertiary/aromatic N) is 2. The normalized spacial score (nSPS) is 17.4. The minimum absolute atomic E-state index is 0.220. The van der Waals surface area contributed by atoms with Crippen LogP contribution in [0.3, 0.4) is 0 Å². The summed E-state index contributed by atoms with van der Waals surface area (Å²) in [6.07, 6.45) is 9.69. The molecule has 1 aliphatic rings. The molecule has 2 N–H and O–H groups in total. The molecule has 0 atom stereocenters. The van der Waals surface area contributed by atoms with E-state index in [4.69, 9.17) is 5.73 Å². The lowest BCUT2D eigenvalue weighted by atomic mass is 9.93. The first-order valence-corrected chi connectivity index (χ1v) is 12.1. The Balaban J connectivity index is 0.000000566. The van der Waals surface area contributed by atoms with E-state index in [1.807, 2.05) is 20.8 Å². The van der Waals surface area contributed by atoms with Gasteiger partial charge in [-0.2, -0.15) is 13.2 Å². The van der Waals surface area contributed by atoms with Crippen molar-refractivity contribution in [1.82, 2.24) is 9.88 Å². The highest BCUT2D eigenvalue weighted by Gasteiger charge is 2.32. The molecule has 1 aliphatic heterocycles. The number of aryl methyl sites for hydroxylation is 1. The predicted molar refractivity (Wildman–Crippen MR) is 138 cm³/mol. The van der Waals surface area contributed by atoms with Crippen LogP contribution in [0.1, 0.15) is 65.4 Å². The van der Waals surface area contributed by atoms with Crippen molar-refractivity contribution in [3.63, 3.8) is 0 Å². The fraction of sp³-hybridized carbons (Fsp3) is 0.464. The monoisotopic (exact) mass is 493 g/mol. The molecule has 0 radical (unpaired) electrons. The number of rotatable bonds is 6. The molecule has 0 saturated carbocycles. The molecule has 7 heteroatoms. The topological polar surface area (TPSA) is 42.2 Å². The number of pyridine rings is 1. The number of aromatic nitrogens is 1. The van der Waals surface area contributed by atoms with Crippen molar-refractivity contribution in [2.45, 2.75) is 72.9 Å². The zero-order chi connectivity index (χ0) is 26.6. The van der Waals surface area contributed by atoms with Crippen LogP contribution in [0.4, 0.5) is 23.4 Å². The maximum Gasteiger partial charge on any atom is 0.416 e. The fourth-order valence-electron chi connectivity index (χ4n) is 3.54. The van der Waals surface area contributed by atoms with Crippen molar-refractivity contribution in [3.8, 4) is 0 Å². The number of alkyl halides is 3. The molecule has 0 unspecified atom stereocenters. The third kappa shape index (κ3) is 10.1. The number of piperidine rings is 1. The summed E-state index contributed by atoms with van der Waals surface area (Å²) in [5.41, 5.74) is 8.93. The second-order valence-corrected chi connectivity index (χ2v) is 8.59. The Labute approximate surface area is 207 Å². The van der Waals surface area contributed by atoms with Crippen LogP contribution in [0.15, 0.2) is 70.6 Å². The molecule has 0 aromatic carbocycles. The quantitative estimate of drug-likeness (QED) is 0.321. The molecule has 35 heavy (non-hydrogen) atoms. The number of hydrogen-bond donors (Lipinski definition) is 1. The molecule has 3 nitrogen and oxygen atoms in total. The Morgan fingerprint density at radius 1 is 1.23 bits per heavy atom. The number of hydrogen-bond acceptors (Lipinski definition) is 3. The van der Waals surface area contributed by atoms with Gasteiger partial charge in [0, 0.05) is 37.1 Å². The Bertz CT molecular complexity index is 982. The molecule has 0 amide bonds. The first kappa shape index (κ1) is 30.2. The van der Waals surface area contributed by atoms with Gasteiger partial charge in [-0.1, -0.05) is 37.6 Å². The zero-order valence-electron chi connectivity index (χ0n) is 21.8. The van der Waals surface area contributed by atoms with E-state index in [-0.39, 0.29) is 11.6 Å². The smallest absolute Gasteiger partial charge is 0.384 e. The number of anilines is 1. The molecule has 1 aromatic heterocycles. The highest BCUT2D eigenvalue weighted by molar-refractivity contribution is 5.53. The number of nitrogen functional groups attached to an aromatic ring is 1. The molecule has 0 spiro atoms. The molecule has 0 aliphatic carbocycles. The van der Waals surface area contributed by atoms with Crippen LogP contribution in [-0.2, 0) is 0 Å². The van der Waals surface area contributed by atoms with Gasteiger partial charge in [0.25, 0.3) is 0 Å². The Morgan fingerprint density at radius 3 is 2.40 bits per heavy atom. The van der Waals surface area contributed by atoms with E-state index in [2.05, 4.69) is 23.0 Å². The zero-order valence-corrected chi connectivity index (χ0v) is 21.8. The third-order valence-electron chi connectivity index (χ3n) is 5.75. The lowest BCUT2D eigenvalue weighted by Crippen LogP contribution is -2.23. The van der Waals surface area contributed by atoms with Crippen molar-refractivity contribution in [2.75, 3.05) is 19.3 Å². The van der Waals surface area contributed by atoms with Crippen LogP contribution in [0.2, 0.25) is 0 Å². The maximum atomic E-state index is 13.4. The van der Waals surface area contributed by atoms with E-state index >= 15 is 0 Å². The van der Waals surface area contributed by atoms with Crippen LogP contribution in [0.25, 0.3) is 0 Å². The van der Waals surface area contributed by atoms with Gasteiger partial charge in [-0.05, 0) is 76.2 Å². The SMILES string of the molecule is C\C=C/C(=C\C(=C\CC)C(F)(F)F)C(/C=C1/CCCCN1C)=C(C)CC.Cc1cnc(N)cc1F. The van der Waals surface area contributed by atoms with Gasteiger partial charge in [0.1, 0.15) is 11.6 Å². The largest absolute Gasteiger partial charge is 0.416 e. The van der Waals surface area contributed by atoms with Gasteiger partial charge in [0.05, 0.1) is 5.57 Å². The van der Waals surface area contributed by atoms with Gasteiger partial charge in [0.2, 0.25) is 0 Å². The first-order valence-electron chi connectivity index (χ1n) is 12.1. The molecule has 2 heterocycles. The van der Waals surface area contributed by atoms with Gasteiger partial charge in [-0.3, -0.25) is 0 Å². The first-order chi connectivity index (χ1) is 16.4. The second-order valence-electron chi connectivity index (χ2n) is 8.59. The summed E-state index contributed by atoms with van der Waals surface area (Å²) in [6, 6.07) is 1.20. The predicted octanol–water partition coefficient (Wildman–Crippen LogP) is 8.23. The standard InChI is InChI=1S/C22H32F3N.C6H7FN2/c1-6-11-18(15-19(12-7-2)22(23,24)25)21(17(4)8-3)16-20-13-9-10-14-26(20)5;1-4-3-9-6(8)2-5(4)7/h6,11-12,15-16H,7-10,13-14H2,1-5H3;2-3H,1H3,(H2,8,9)/b11-6-,18-15+,19-12-,20-16-,21-17?;. The van der Waals surface area contributed by atoms with Gasteiger partial charge >= 0.3 is 6.18 Å². The van der Waals surface area contributed by atoms with E-state index in [1.54, 1.807) is 26.0 Å². The van der Waals surface area contributed by atoms with Crippen LogP contribution in [0, 0.1) is 12.7 Å². The number of likely N-dealkylation sites (tertiary alicyclic amines) is 1. The molecule has 0 bridgehead atoms. The van der Waals surface area contributed by atoms with E-state index in [1.165, 1.54) is 30.1 Å². The van der Waals surface area contributed by atoms with Crippen molar-refractivity contribution < 1.29 is 17.6 Å². The van der Waals surface area contributed by atoms with Crippen molar-refractivity contribution >= 4 is 5.82 Å². The lowest BCUT2D eigenvalue weighted by Gasteiger charge is -2.28. The van der Waals surface area contributed by atoms with Crippen LogP contribution < -0.4 is 5.73 Å². The highest BCUT2D eigenvalue weighted by Crippen LogP contribution is 2.32. The highest BCUT2D eigenvalue weighted by atomic mass is 19.4. The third-order valence-corrected chi connectivity index (χ3v) is 5.75. The second kappa shape index (κ2) is 14.5. The maximum absolute atomic E-state index is 13.4. The van der Waals surface area contributed by atoms with Gasteiger partial charge in [-0.25, -0.2) is 9.37 Å². The summed E-state index contributed by atoms with van der Waals surface area (Å²) >= 11 is 0. The van der Waals surface area contributed by atoms with E-state index in [9.17, 15) is 17.6 Å². The lowest BCUT2D eigenvalue weighted by molar-refractivity contribution is -0.0884. The van der Waals surface area contributed by atoms with E-state index in [0.29, 0.717) is 17.6 Å². The Kier molecular flexibility index (Phi) is 12.5. The summed E-state index contributed by atoms with van der Waals surface area (Å²) in [5.74, 6) is -0.0828. The average molecular weight is 494 g/mol. The molecule has 1 aromatic rings. The summed E-state index contributed by atoms with van der Waals surface area (Å²) in [6.45, 7) is 10.2. The van der Waals surface area contributed by atoms with Gasteiger partial charge < -0.3 is 10.6 Å². The van der Waals surface area contributed by atoms with Gasteiger partial charge in [-0.15, -0.1) is 0 Å². The minimum Gasteiger partial charge on any atom is -0.384 e. The number of allylic oxidation sites excluding steroid dienone is 10.